The third-order valence-corrected chi connectivity index (χ3v) is 4.57. The van der Waals surface area contributed by atoms with E-state index in [9.17, 15) is 4.79 Å². The van der Waals surface area contributed by atoms with Crippen molar-refractivity contribution in [3.63, 3.8) is 0 Å². The van der Waals surface area contributed by atoms with E-state index in [1.165, 1.54) is 6.08 Å². The first-order valence-electron chi connectivity index (χ1n) is 9.57. The number of carbonyl (C=O) groups excluding carboxylic acids is 1. The number of ether oxygens (including phenoxy) is 2. The van der Waals surface area contributed by atoms with Crippen LogP contribution in [-0.2, 0) is 17.6 Å². The summed E-state index contributed by atoms with van der Waals surface area (Å²) in [7, 11) is 3.30. The predicted octanol–water partition coefficient (Wildman–Crippen LogP) is 4.75. The number of hydrogen-bond donors (Lipinski definition) is 2. The van der Waals surface area contributed by atoms with Crippen LogP contribution in [0.15, 0.2) is 73.4 Å². The Morgan fingerprint density at radius 1 is 0.967 bits per heavy atom. The molecule has 0 aliphatic heterocycles. The van der Waals surface area contributed by atoms with E-state index in [0.717, 1.165) is 41.2 Å². The number of carbonyl (C=O) groups is 1. The van der Waals surface area contributed by atoms with Gasteiger partial charge in [0.2, 0.25) is 5.91 Å². The van der Waals surface area contributed by atoms with Gasteiger partial charge in [0, 0.05) is 12.3 Å². The van der Waals surface area contributed by atoms with Crippen LogP contribution in [0.25, 0.3) is 0 Å². The van der Waals surface area contributed by atoms with E-state index in [1.807, 2.05) is 60.8 Å². The largest absolute Gasteiger partial charge is 0.497 e. The maximum absolute atomic E-state index is 11.6. The number of nitrogens with zero attached hydrogens (tertiary/aromatic N) is 1. The van der Waals surface area contributed by atoms with Crippen LogP contribution < -0.4 is 20.1 Å². The summed E-state index contributed by atoms with van der Waals surface area (Å²) in [6.45, 7) is 3.48. The number of para-hydroxylation sites is 2. The molecule has 0 fully saturated rings. The van der Waals surface area contributed by atoms with Gasteiger partial charge in [0.05, 0.1) is 25.6 Å². The van der Waals surface area contributed by atoms with Crippen molar-refractivity contribution in [3.05, 3.63) is 84.6 Å². The minimum atomic E-state index is -0.262. The number of hydrogen-bond acceptors (Lipinski definition) is 5. The Hall–Kier alpha value is -3.80. The lowest BCUT2D eigenvalue weighted by molar-refractivity contribution is -0.111. The summed E-state index contributed by atoms with van der Waals surface area (Å²) < 4.78 is 10.7. The lowest BCUT2D eigenvalue weighted by Crippen LogP contribution is -2.09. The van der Waals surface area contributed by atoms with Gasteiger partial charge in [0.15, 0.2) is 0 Å². The zero-order chi connectivity index (χ0) is 21.3. The van der Waals surface area contributed by atoms with Gasteiger partial charge in [0.25, 0.3) is 0 Å². The minimum Gasteiger partial charge on any atom is -0.497 e. The Bertz CT molecular complexity index is 994. The average Bonchev–Trinajstić information content (AvgIpc) is 2.79. The van der Waals surface area contributed by atoms with Gasteiger partial charge in [-0.05, 0) is 60.4 Å². The van der Waals surface area contributed by atoms with Crippen molar-refractivity contribution >= 4 is 23.1 Å². The van der Waals surface area contributed by atoms with Gasteiger partial charge >= 0.3 is 0 Å². The highest BCUT2D eigenvalue weighted by molar-refractivity contribution is 6.01. The number of nitrogens with one attached hydrogen (secondary N) is 2. The van der Waals surface area contributed by atoms with Crippen LogP contribution in [0.1, 0.15) is 11.1 Å². The molecule has 2 aromatic carbocycles. The lowest BCUT2D eigenvalue weighted by Gasteiger charge is -2.12. The average molecular weight is 403 g/mol. The molecule has 3 rings (SSSR count). The summed E-state index contributed by atoms with van der Waals surface area (Å²) in [5.74, 6) is 2.00. The molecule has 0 atom stereocenters. The zero-order valence-electron chi connectivity index (χ0n) is 17.1. The Labute approximate surface area is 176 Å². The van der Waals surface area contributed by atoms with E-state index >= 15 is 0 Å². The smallest absolute Gasteiger partial charge is 0.247 e. The third kappa shape index (κ3) is 5.61. The Kier molecular flexibility index (Phi) is 7.05. The molecule has 1 heterocycles. The first-order chi connectivity index (χ1) is 14.6. The molecule has 0 aliphatic carbocycles. The van der Waals surface area contributed by atoms with Gasteiger partial charge in [-0.25, -0.2) is 4.98 Å². The van der Waals surface area contributed by atoms with Gasteiger partial charge in [-0.3, -0.25) is 4.79 Å². The van der Waals surface area contributed by atoms with Gasteiger partial charge in [-0.1, -0.05) is 24.8 Å². The summed E-state index contributed by atoms with van der Waals surface area (Å²) in [4.78, 5) is 16.1. The van der Waals surface area contributed by atoms with Crippen LogP contribution in [0, 0.1) is 0 Å². The first-order valence-corrected chi connectivity index (χ1v) is 9.57. The van der Waals surface area contributed by atoms with Crippen molar-refractivity contribution in [2.75, 3.05) is 24.9 Å². The van der Waals surface area contributed by atoms with Crippen LogP contribution in [-0.4, -0.2) is 25.1 Å². The summed E-state index contributed by atoms with van der Waals surface area (Å²) >= 11 is 0. The second kappa shape index (κ2) is 10.1. The van der Waals surface area contributed by atoms with Crippen molar-refractivity contribution in [2.24, 2.45) is 0 Å². The van der Waals surface area contributed by atoms with Gasteiger partial charge in [0.1, 0.15) is 17.3 Å². The quantitative estimate of drug-likeness (QED) is 0.505. The standard InChI is InChI=1S/C24H25N3O3/c1-4-24(28)27-22-8-6-5-7-21(22)26-23-12-11-17(16-25-23)9-10-18-13-19(29-2)15-20(14-18)30-3/h4-8,11-16H,1,9-10H2,2-3H3,(H,25,26)(H,27,28). The summed E-state index contributed by atoms with van der Waals surface area (Å²) in [5, 5.41) is 6.02. The molecule has 30 heavy (non-hydrogen) atoms. The van der Waals surface area contributed by atoms with Crippen molar-refractivity contribution in [1.29, 1.82) is 0 Å². The van der Waals surface area contributed by atoms with Crippen molar-refractivity contribution in [2.45, 2.75) is 12.8 Å². The molecule has 0 radical (unpaired) electrons. The predicted molar refractivity (Wildman–Crippen MR) is 120 cm³/mol. The third-order valence-electron chi connectivity index (χ3n) is 4.57. The molecule has 0 spiro atoms. The van der Waals surface area contributed by atoms with E-state index in [4.69, 9.17) is 9.47 Å². The highest BCUT2D eigenvalue weighted by Crippen LogP contribution is 2.25. The van der Waals surface area contributed by atoms with Crippen molar-refractivity contribution < 1.29 is 14.3 Å². The molecule has 6 heteroatoms. The van der Waals surface area contributed by atoms with Gasteiger partial charge < -0.3 is 20.1 Å². The first kappa shape index (κ1) is 20.9. The SMILES string of the molecule is C=CC(=O)Nc1ccccc1Nc1ccc(CCc2cc(OC)cc(OC)c2)cn1. The molecule has 0 unspecified atom stereocenters. The van der Waals surface area contributed by atoms with Crippen LogP contribution in [0.4, 0.5) is 17.2 Å². The molecule has 0 aliphatic rings. The molecular weight excluding hydrogens is 378 g/mol. The van der Waals surface area contributed by atoms with E-state index in [2.05, 4.69) is 22.2 Å². The fourth-order valence-electron chi connectivity index (χ4n) is 2.97. The molecular formula is C24H25N3O3. The molecule has 154 valence electrons. The van der Waals surface area contributed by atoms with Crippen LogP contribution in [0.3, 0.4) is 0 Å². The number of rotatable bonds is 9. The second-order valence-corrected chi connectivity index (χ2v) is 6.64. The Balaban J connectivity index is 1.65. The number of aryl methyl sites for hydroxylation is 2. The van der Waals surface area contributed by atoms with Gasteiger partial charge in [-0.2, -0.15) is 0 Å². The van der Waals surface area contributed by atoms with Gasteiger partial charge in [-0.15, -0.1) is 0 Å². The zero-order valence-corrected chi connectivity index (χ0v) is 17.1. The molecule has 3 aromatic rings. The molecule has 0 saturated carbocycles. The molecule has 6 nitrogen and oxygen atoms in total. The van der Waals surface area contributed by atoms with E-state index in [1.54, 1.807) is 14.2 Å². The number of methoxy groups -OCH3 is 2. The number of anilines is 3. The summed E-state index contributed by atoms with van der Waals surface area (Å²) in [6, 6.07) is 17.3. The molecule has 2 N–H and O–H groups in total. The number of benzene rings is 2. The maximum atomic E-state index is 11.6. The van der Waals surface area contributed by atoms with E-state index in [-0.39, 0.29) is 5.91 Å². The highest BCUT2D eigenvalue weighted by Gasteiger charge is 2.06. The summed E-state index contributed by atoms with van der Waals surface area (Å²) in [5.41, 5.74) is 3.69. The van der Waals surface area contributed by atoms with Crippen LogP contribution >= 0.6 is 0 Å². The minimum absolute atomic E-state index is 0.262. The summed E-state index contributed by atoms with van der Waals surface area (Å²) in [6.07, 6.45) is 4.78. The lowest BCUT2D eigenvalue weighted by atomic mass is 10.1. The van der Waals surface area contributed by atoms with Crippen molar-refractivity contribution in [1.82, 2.24) is 4.98 Å². The molecule has 1 amide bonds. The van der Waals surface area contributed by atoms with Crippen LogP contribution in [0.2, 0.25) is 0 Å². The topological polar surface area (TPSA) is 72.5 Å². The fourth-order valence-corrected chi connectivity index (χ4v) is 2.97. The second-order valence-electron chi connectivity index (χ2n) is 6.64. The van der Waals surface area contributed by atoms with Crippen LogP contribution in [0.5, 0.6) is 11.5 Å². The monoisotopic (exact) mass is 403 g/mol. The maximum Gasteiger partial charge on any atom is 0.247 e. The molecule has 0 bridgehead atoms. The number of aromatic nitrogens is 1. The Morgan fingerprint density at radius 3 is 2.23 bits per heavy atom. The number of amides is 1. The Morgan fingerprint density at radius 2 is 1.63 bits per heavy atom. The molecule has 0 saturated heterocycles. The highest BCUT2D eigenvalue weighted by atomic mass is 16.5. The normalized spacial score (nSPS) is 10.2. The number of pyridine rings is 1. The van der Waals surface area contributed by atoms with E-state index < -0.39 is 0 Å². The fraction of sp³-hybridized carbons (Fsp3) is 0.167. The van der Waals surface area contributed by atoms with E-state index in [0.29, 0.717) is 11.5 Å². The van der Waals surface area contributed by atoms with Crippen molar-refractivity contribution in [3.8, 4) is 11.5 Å². The molecule has 1 aromatic heterocycles.